The number of carbonyl (C=O) groups is 2. The summed E-state index contributed by atoms with van der Waals surface area (Å²) in [7, 11) is 4.74. The second kappa shape index (κ2) is 12.4. The van der Waals surface area contributed by atoms with Crippen LogP contribution >= 0.6 is 24.0 Å². The van der Waals surface area contributed by atoms with E-state index in [2.05, 4.69) is 20.5 Å². The Bertz CT molecular complexity index is 658. The lowest BCUT2D eigenvalue weighted by molar-refractivity contribution is -0.146. The van der Waals surface area contributed by atoms with Gasteiger partial charge >= 0.3 is 5.97 Å². The Balaban J connectivity index is 0.00000392. The Morgan fingerprint density at radius 1 is 1.11 bits per heavy atom. The Kier molecular flexibility index (Phi) is 10.6. The van der Waals surface area contributed by atoms with Gasteiger partial charge < -0.3 is 25.0 Å². The topological polar surface area (TPSA) is 92.3 Å². The van der Waals surface area contributed by atoms with Crippen LogP contribution in [-0.4, -0.2) is 70.2 Å². The van der Waals surface area contributed by atoms with Crippen molar-refractivity contribution in [1.82, 2.24) is 15.5 Å². The van der Waals surface area contributed by atoms with Crippen molar-refractivity contribution >= 4 is 41.8 Å². The first-order valence-corrected chi connectivity index (χ1v) is 9.04. The van der Waals surface area contributed by atoms with Crippen LogP contribution in [0.4, 0.5) is 0 Å². The Morgan fingerprint density at radius 2 is 1.71 bits per heavy atom. The van der Waals surface area contributed by atoms with Crippen LogP contribution in [-0.2, 0) is 9.53 Å². The van der Waals surface area contributed by atoms with Crippen LogP contribution < -0.4 is 15.4 Å². The number of hydrogen-bond donors (Lipinski definition) is 2. The van der Waals surface area contributed by atoms with Crippen molar-refractivity contribution in [2.45, 2.75) is 12.8 Å². The number of methoxy groups -OCH3 is 2. The number of nitrogens with zero attached hydrogens (tertiary/aromatic N) is 2. The fourth-order valence-corrected chi connectivity index (χ4v) is 3.02. The van der Waals surface area contributed by atoms with Gasteiger partial charge in [0, 0.05) is 38.8 Å². The maximum absolute atomic E-state index is 12.1. The smallest absolute Gasteiger partial charge is 0.308 e. The maximum atomic E-state index is 12.1. The highest BCUT2D eigenvalue weighted by Crippen LogP contribution is 2.18. The minimum absolute atomic E-state index is 0. The normalized spacial score (nSPS) is 14.7. The van der Waals surface area contributed by atoms with Gasteiger partial charge in [0.25, 0.3) is 5.91 Å². The quantitative estimate of drug-likeness (QED) is 0.201. The van der Waals surface area contributed by atoms with Gasteiger partial charge in [0.2, 0.25) is 0 Å². The number of carbonyl (C=O) groups excluding carboxylic acids is 2. The molecule has 1 aromatic carbocycles. The number of likely N-dealkylation sites (tertiary alicyclic amines) is 1. The zero-order chi connectivity index (χ0) is 19.6. The largest absolute Gasteiger partial charge is 0.497 e. The molecule has 2 rings (SSSR count). The van der Waals surface area contributed by atoms with Gasteiger partial charge in [-0.1, -0.05) is 0 Å². The van der Waals surface area contributed by atoms with Gasteiger partial charge in [-0.3, -0.25) is 14.6 Å². The molecule has 0 bridgehead atoms. The molecule has 9 heteroatoms. The van der Waals surface area contributed by atoms with Gasteiger partial charge in [-0.25, -0.2) is 0 Å². The summed E-state index contributed by atoms with van der Waals surface area (Å²) in [6.07, 6.45) is 1.50. The maximum Gasteiger partial charge on any atom is 0.308 e. The number of amides is 1. The summed E-state index contributed by atoms with van der Waals surface area (Å²) in [5, 5.41) is 6.12. The van der Waals surface area contributed by atoms with Gasteiger partial charge in [0.1, 0.15) is 5.75 Å². The number of benzene rings is 1. The lowest BCUT2D eigenvalue weighted by Gasteiger charge is -2.33. The third-order valence-corrected chi connectivity index (χ3v) is 4.59. The fraction of sp³-hybridized carbons (Fsp3) is 0.526. The standard InChI is InChI=1S/C19H28N4O4.HI/c1-20-19(23-12-8-15(9-13-23)18(25)27-3)22-11-10-21-17(24)14-4-6-16(26-2)7-5-14;/h4-7,15H,8-13H2,1-3H3,(H,20,22)(H,21,24);1H. The summed E-state index contributed by atoms with van der Waals surface area (Å²) < 4.78 is 9.90. The summed E-state index contributed by atoms with van der Waals surface area (Å²) in [4.78, 5) is 30.1. The third kappa shape index (κ3) is 6.84. The van der Waals surface area contributed by atoms with Gasteiger partial charge in [-0.2, -0.15) is 0 Å². The zero-order valence-electron chi connectivity index (χ0n) is 16.6. The van der Waals surface area contributed by atoms with Crippen LogP contribution in [0.2, 0.25) is 0 Å². The van der Waals surface area contributed by atoms with E-state index < -0.39 is 0 Å². The molecule has 0 unspecified atom stereocenters. The number of halogens is 1. The van der Waals surface area contributed by atoms with Crippen molar-refractivity contribution in [1.29, 1.82) is 0 Å². The molecule has 1 saturated heterocycles. The molecule has 1 amide bonds. The van der Waals surface area contributed by atoms with E-state index >= 15 is 0 Å². The summed E-state index contributed by atoms with van der Waals surface area (Å²) in [6, 6.07) is 6.97. The summed E-state index contributed by atoms with van der Waals surface area (Å²) >= 11 is 0. The fourth-order valence-electron chi connectivity index (χ4n) is 3.02. The Hall–Kier alpha value is -2.04. The van der Waals surface area contributed by atoms with E-state index in [0.717, 1.165) is 31.9 Å². The van der Waals surface area contributed by atoms with Crippen molar-refractivity contribution in [3.63, 3.8) is 0 Å². The second-order valence-electron chi connectivity index (χ2n) is 6.24. The van der Waals surface area contributed by atoms with Gasteiger partial charge in [0.05, 0.1) is 20.1 Å². The molecule has 0 saturated carbocycles. The van der Waals surface area contributed by atoms with Gasteiger partial charge in [-0.05, 0) is 37.1 Å². The molecule has 28 heavy (non-hydrogen) atoms. The molecule has 0 spiro atoms. The van der Waals surface area contributed by atoms with Crippen molar-refractivity contribution in [3.8, 4) is 5.75 Å². The van der Waals surface area contributed by atoms with Gasteiger partial charge in [0.15, 0.2) is 5.96 Å². The van der Waals surface area contributed by atoms with E-state index in [0.29, 0.717) is 24.4 Å². The first kappa shape index (κ1) is 24.0. The molecule has 1 aliphatic rings. The number of esters is 1. The molecular formula is C19H29IN4O4. The SMILES string of the molecule is CN=C(NCCNC(=O)c1ccc(OC)cc1)N1CCC(C(=O)OC)CC1.I. The molecule has 0 aliphatic carbocycles. The minimum Gasteiger partial charge on any atom is -0.497 e. The van der Waals surface area contributed by atoms with Crippen molar-refractivity contribution < 1.29 is 19.1 Å². The first-order chi connectivity index (χ1) is 13.1. The van der Waals surface area contributed by atoms with E-state index in [9.17, 15) is 9.59 Å². The molecule has 0 aromatic heterocycles. The molecule has 1 aromatic rings. The number of piperidine rings is 1. The lowest BCUT2D eigenvalue weighted by Crippen LogP contribution is -2.48. The molecule has 2 N–H and O–H groups in total. The first-order valence-electron chi connectivity index (χ1n) is 9.04. The molecule has 1 aliphatic heterocycles. The number of ether oxygens (including phenoxy) is 2. The summed E-state index contributed by atoms with van der Waals surface area (Å²) in [5.41, 5.74) is 0.588. The van der Waals surface area contributed by atoms with Crippen molar-refractivity contribution in [3.05, 3.63) is 29.8 Å². The van der Waals surface area contributed by atoms with E-state index in [1.807, 2.05) is 0 Å². The minimum atomic E-state index is -0.140. The van der Waals surface area contributed by atoms with Crippen LogP contribution in [0, 0.1) is 5.92 Å². The van der Waals surface area contributed by atoms with Crippen LogP contribution in [0.3, 0.4) is 0 Å². The average Bonchev–Trinajstić information content (AvgIpc) is 2.73. The Labute approximate surface area is 183 Å². The van der Waals surface area contributed by atoms with E-state index in [-0.39, 0.29) is 41.8 Å². The van der Waals surface area contributed by atoms with Crippen LogP contribution in [0.25, 0.3) is 0 Å². The highest BCUT2D eigenvalue weighted by molar-refractivity contribution is 14.0. The number of aliphatic imine (C=N–C) groups is 1. The highest BCUT2D eigenvalue weighted by atomic mass is 127. The average molecular weight is 504 g/mol. The molecule has 0 radical (unpaired) electrons. The number of rotatable bonds is 6. The number of guanidine groups is 1. The van der Waals surface area contributed by atoms with E-state index in [1.54, 1.807) is 38.4 Å². The highest BCUT2D eigenvalue weighted by Gasteiger charge is 2.26. The second-order valence-corrected chi connectivity index (χ2v) is 6.24. The van der Waals surface area contributed by atoms with Crippen molar-refractivity contribution in [2.24, 2.45) is 10.9 Å². The molecule has 0 atom stereocenters. The molecule has 156 valence electrons. The predicted octanol–water partition coefficient (Wildman–Crippen LogP) is 1.50. The number of nitrogens with one attached hydrogen (secondary N) is 2. The summed E-state index contributed by atoms with van der Waals surface area (Å²) in [5.74, 6) is 1.19. The summed E-state index contributed by atoms with van der Waals surface area (Å²) in [6.45, 7) is 2.53. The Morgan fingerprint density at radius 3 is 2.25 bits per heavy atom. The van der Waals surface area contributed by atoms with Crippen molar-refractivity contribution in [2.75, 3.05) is 47.4 Å². The zero-order valence-corrected chi connectivity index (χ0v) is 18.9. The predicted molar refractivity (Wildman–Crippen MR) is 118 cm³/mol. The lowest BCUT2D eigenvalue weighted by atomic mass is 9.97. The van der Waals surface area contributed by atoms with Crippen LogP contribution in [0.1, 0.15) is 23.2 Å². The molecule has 1 heterocycles. The van der Waals surface area contributed by atoms with Crippen LogP contribution in [0.5, 0.6) is 5.75 Å². The van der Waals surface area contributed by atoms with E-state index in [1.165, 1.54) is 7.11 Å². The molecular weight excluding hydrogens is 475 g/mol. The van der Waals surface area contributed by atoms with Crippen LogP contribution in [0.15, 0.2) is 29.3 Å². The molecule has 1 fully saturated rings. The number of hydrogen-bond acceptors (Lipinski definition) is 5. The van der Waals surface area contributed by atoms with Gasteiger partial charge in [-0.15, -0.1) is 24.0 Å². The third-order valence-electron chi connectivity index (χ3n) is 4.59. The van der Waals surface area contributed by atoms with E-state index in [4.69, 9.17) is 9.47 Å². The molecule has 8 nitrogen and oxygen atoms in total. The monoisotopic (exact) mass is 504 g/mol.